The minimum absolute atomic E-state index is 0.102. The van der Waals surface area contributed by atoms with E-state index in [4.69, 9.17) is 9.84 Å². The third kappa shape index (κ3) is 4.33. The van der Waals surface area contributed by atoms with Crippen molar-refractivity contribution in [1.29, 1.82) is 0 Å². The normalized spacial score (nSPS) is 11.8. The molecule has 0 spiro atoms. The number of benzene rings is 1. The molecule has 0 aliphatic rings. The van der Waals surface area contributed by atoms with Gasteiger partial charge < -0.3 is 9.84 Å². The molecule has 5 nitrogen and oxygen atoms in total. The summed E-state index contributed by atoms with van der Waals surface area (Å²) < 4.78 is 29.1. The van der Waals surface area contributed by atoms with Gasteiger partial charge in [0.05, 0.1) is 20.0 Å². The van der Waals surface area contributed by atoms with E-state index in [1.165, 1.54) is 4.31 Å². The van der Waals surface area contributed by atoms with Crippen molar-refractivity contribution in [2.75, 3.05) is 26.5 Å². The highest BCUT2D eigenvalue weighted by atomic mass is 32.2. The average molecular weight is 259 g/mol. The molecule has 0 aliphatic heterocycles. The first-order valence-corrected chi connectivity index (χ1v) is 7.01. The summed E-state index contributed by atoms with van der Waals surface area (Å²) in [6.07, 6.45) is 1.13. The molecule has 1 N–H and O–H groups in total. The molecular weight excluding hydrogens is 242 g/mol. The van der Waals surface area contributed by atoms with Gasteiger partial charge in [-0.05, 0) is 17.7 Å². The van der Waals surface area contributed by atoms with Gasteiger partial charge in [0.1, 0.15) is 5.75 Å². The van der Waals surface area contributed by atoms with Crippen LogP contribution < -0.4 is 4.74 Å². The minimum atomic E-state index is -3.30. The van der Waals surface area contributed by atoms with E-state index in [-0.39, 0.29) is 19.7 Å². The second-order valence-corrected chi connectivity index (χ2v) is 5.65. The van der Waals surface area contributed by atoms with Gasteiger partial charge in [0, 0.05) is 13.1 Å². The van der Waals surface area contributed by atoms with Crippen molar-refractivity contribution in [1.82, 2.24) is 4.31 Å². The van der Waals surface area contributed by atoms with Crippen molar-refractivity contribution in [3.8, 4) is 5.75 Å². The molecule has 0 aliphatic carbocycles. The second kappa shape index (κ2) is 6.00. The van der Waals surface area contributed by atoms with Gasteiger partial charge in [-0.1, -0.05) is 12.1 Å². The van der Waals surface area contributed by atoms with Gasteiger partial charge in [-0.2, -0.15) is 4.31 Å². The standard InChI is InChI=1S/C11H17NO4S/c1-16-11-5-3-10(4-6-11)9-12(7-8-13)17(2,14)15/h3-6,13H,7-9H2,1-2H3. The summed E-state index contributed by atoms with van der Waals surface area (Å²) in [6.45, 7) is 0.164. The van der Waals surface area contributed by atoms with Crippen LogP contribution in [0.5, 0.6) is 5.75 Å². The highest BCUT2D eigenvalue weighted by molar-refractivity contribution is 7.88. The Hall–Kier alpha value is -1.11. The molecule has 17 heavy (non-hydrogen) atoms. The monoisotopic (exact) mass is 259 g/mol. The summed E-state index contributed by atoms with van der Waals surface area (Å²) >= 11 is 0. The Morgan fingerprint density at radius 3 is 2.29 bits per heavy atom. The van der Waals surface area contributed by atoms with Crippen LogP contribution in [0.3, 0.4) is 0 Å². The Balaban J connectivity index is 2.79. The maximum Gasteiger partial charge on any atom is 0.211 e. The molecule has 0 aromatic heterocycles. The maximum atomic E-state index is 11.4. The quantitative estimate of drug-likeness (QED) is 0.805. The van der Waals surface area contributed by atoms with Crippen LogP contribution in [0.25, 0.3) is 0 Å². The van der Waals surface area contributed by atoms with E-state index in [1.54, 1.807) is 31.4 Å². The molecule has 0 atom stereocenters. The number of methoxy groups -OCH3 is 1. The third-order valence-electron chi connectivity index (χ3n) is 2.34. The van der Waals surface area contributed by atoms with E-state index in [0.29, 0.717) is 0 Å². The van der Waals surface area contributed by atoms with Crippen molar-refractivity contribution < 1.29 is 18.3 Å². The summed E-state index contributed by atoms with van der Waals surface area (Å²) in [7, 11) is -1.73. The first kappa shape index (κ1) is 14.0. The number of aliphatic hydroxyl groups is 1. The Morgan fingerprint density at radius 2 is 1.88 bits per heavy atom. The Morgan fingerprint density at radius 1 is 1.29 bits per heavy atom. The zero-order valence-corrected chi connectivity index (χ0v) is 10.8. The number of sulfonamides is 1. The predicted molar refractivity (Wildman–Crippen MR) is 65.3 cm³/mol. The van der Waals surface area contributed by atoms with Gasteiger partial charge >= 0.3 is 0 Å². The van der Waals surface area contributed by atoms with Crippen molar-refractivity contribution >= 4 is 10.0 Å². The van der Waals surface area contributed by atoms with Gasteiger partial charge in [0.2, 0.25) is 10.0 Å². The zero-order chi connectivity index (χ0) is 12.9. The van der Waals surface area contributed by atoms with Crippen molar-refractivity contribution in [2.45, 2.75) is 6.54 Å². The minimum Gasteiger partial charge on any atom is -0.497 e. The van der Waals surface area contributed by atoms with Crippen LogP contribution in [-0.2, 0) is 16.6 Å². The lowest BCUT2D eigenvalue weighted by Gasteiger charge is -2.18. The molecule has 0 heterocycles. The molecule has 0 bridgehead atoms. The molecule has 0 fully saturated rings. The Kier molecular flexibility index (Phi) is 4.92. The molecule has 1 rings (SSSR count). The lowest BCUT2D eigenvalue weighted by atomic mass is 10.2. The van der Waals surface area contributed by atoms with Crippen LogP contribution in [0, 0.1) is 0 Å². The smallest absolute Gasteiger partial charge is 0.211 e. The van der Waals surface area contributed by atoms with Gasteiger partial charge in [-0.3, -0.25) is 0 Å². The van der Waals surface area contributed by atoms with Gasteiger partial charge in [0.15, 0.2) is 0 Å². The molecular formula is C11H17NO4S. The molecule has 0 unspecified atom stereocenters. The number of hydrogen-bond acceptors (Lipinski definition) is 4. The molecule has 1 aromatic rings. The van der Waals surface area contributed by atoms with E-state index in [0.717, 1.165) is 17.6 Å². The molecule has 0 radical (unpaired) electrons. The van der Waals surface area contributed by atoms with Crippen molar-refractivity contribution in [3.05, 3.63) is 29.8 Å². The Bertz CT molecular complexity index is 441. The Labute approximate surface area is 102 Å². The topological polar surface area (TPSA) is 66.8 Å². The molecule has 6 heteroatoms. The molecule has 0 saturated heterocycles. The third-order valence-corrected chi connectivity index (χ3v) is 3.59. The molecule has 96 valence electrons. The maximum absolute atomic E-state index is 11.4. The van der Waals surface area contributed by atoms with Crippen LogP contribution in [0.1, 0.15) is 5.56 Å². The SMILES string of the molecule is COc1ccc(CN(CCO)S(C)(=O)=O)cc1. The van der Waals surface area contributed by atoms with Crippen LogP contribution in [0.15, 0.2) is 24.3 Å². The summed E-state index contributed by atoms with van der Waals surface area (Å²) in [5.41, 5.74) is 0.852. The van der Waals surface area contributed by atoms with E-state index >= 15 is 0 Å². The fraction of sp³-hybridized carbons (Fsp3) is 0.455. The van der Waals surface area contributed by atoms with Crippen LogP contribution in [0.2, 0.25) is 0 Å². The van der Waals surface area contributed by atoms with Crippen molar-refractivity contribution in [3.63, 3.8) is 0 Å². The summed E-state index contributed by atoms with van der Waals surface area (Å²) in [5, 5.41) is 8.83. The lowest BCUT2D eigenvalue weighted by molar-refractivity contribution is 0.251. The first-order valence-electron chi connectivity index (χ1n) is 5.16. The summed E-state index contributed by atoms with van der Waals surface area (Å²) in [6, 6.07) is 7.15. The summed E-state index contributed by atoms with van der Waals surface area (Å²) in [4.78, 5) is 0. The van der Waals surface area contributed by atoms with Crippen LogP contribution in [-0.4, -0.2) is 44.3 Å². The number of nitrogens with zero attached hydrogens (tertiary/aromatic N) is 1. The lowest BCUT2D eigenvalue weighted by Crippen LogP contribution is -2.32. The number of aliphatic hydroxyl groups excluding tert-OH is 1. The average Bonchev–Trinajstić information content (AvgIpc) is 2.28. The van der Waals surface area contributed by atoms with E-state index < -0.39 is 10.0 Å². The summed E-state index contributed by atoms with van der Waals surface area (Å²) in [5.74, 6) is 0.724. The fourth-order valence-corrected chi connectivity index (χ4v) is 2.21. The fourth-order valence-electron chi connectivity index (χ4n) is 1.41. The predicted octanol–water partition coefficient (Wildman–Crippen LogP) is 0.449. The number of ether oxygens (including phenoxy) is 1. The van der Waals surface area contributed by atoms with Gasteiger partial charge in [-0.15, -0.1) is 0 Å². The van der Waals surface area contributed by atoms with E-state index in [1.807, 2.05) is 0 Å². The second-order valence-electron chi connectivity index (χ2n) is 3.67. The van der Waals surface area contributed by atoms with Crippen molar-refractivity contribution in [2.24, 2.45) is 0 Å². The highest BCUT2D eigenvalue weighted by Crippen LogP contribution is 2.14. The van der Waals surface area contributed by atoms with Crippen LogP contribution >= 0.6 is 0 Å². The van der Waals surface area contributed by atoms with Gasteiger partial charge in [-0.25, -0.2) is 8.42 Å². The van der Waals surface area contributed by atoms with Crippen LogP contribution in [0.4, 0.5) is 0 Å². The molecule has 0 amide bonds. The van der Waals surface area contributed by atoms with Gasteiger partial charge in [0.25, 0.3) is 0 Å². The number of rotatable bonds is 6. The first-order chi connectivity index (χ1) is 7.97. The van der Waals surface area contributed by atoms with E-state index in [2.05, 4.69) is 0 Å². The number of hydrogen-bond donors (Lipinski definition) is 1. The highest BCUT2D eigenvalue weighted by Gasteiger charge is 2.16. The molecule has 0 saturated carbocycles. The zero-order valence-electron chi connectivity index (χ0n) is 9.96. The molecule has 1 aromatic carbocycles. The largest absolute Gasteiger partial charge is 0.497 e. The van der Waals surface area contributed by atoms with E-state index in [9.17, 15) is 8.42 Å².